The number of halogens is 1. The minimum Gasteiger partial charge on any atom is -0.356 e. The first-order valence-electron chi connectivity index (χ1n) is 8.17. The second-order valence-corrected chi connectivity index (χ2v) is 6.13. The van der Waals surface area contributed by atoms with Crippen LogP contribution in [-0.4, -0.2) is 18.5 Å². The SMILES string of the molecule is NC(=O)N[C@H](CC(=O)NCCCc1ccccc1)c1ccccc1Cl. The highest BCUT2D eigenvalue weighted by atomic mass is 35.5. The number of amides is 3. The largest absolute Gasteiger partial charge is 0.356 e. The smallest absolute Gasteiger partial charge is 0.312 e. The number of urea groups is 1. The number of aryl methyl sites for hydroxylation is 1. The lowest BCUT2D eigenvalue weighted by Crippen LogP contribution is -2.37. The van der Waals surface area contributed by atoms with Crippen LogP contribution in [0.15, 0.2) is 54.6 Å². The first-order valence-corrected chi connectivity index (χ1v) is 8.55. The summed E-state index contributed by atoms with van der Waals surface area (Å²) in [5.74, 6) is -0.160. The maximum Gasteiger partial charge on any atom is 0.312 e. The van der Waals surface area contributed by atoms with Crippen LogP contribution in [0.5, 0.6) is 0 Å². The van der Waals surface area contributed by atoms with E-state index < -0.39 is 12.1 Å². The zero-order chi connectivity index (χ0) is 18.1. The predicted octanol–water partition coefficient (Wildman–Crippen LogP) is 3.19. The molecule has 2 aromatic rings. The highest BCUT2D eigenvalue weighted by molar-refractivity contribution is 6.31. The fourth-order valence-electron chi connectivity index (χ4n) is 2.59. The quantitative estimate of drug-likeness (QED) is 0.632. The number of hydrogen-bond donors (Lipinski definition) is 3. The van der Waals surface area contributed by atoms with Gasteiger partial charge >= 0.3 is 6.03 Å². The number of benzene rings is 2. The van der Waals surface area contributed by atoms with E-state index >= 15 is 0 Å². The van der Waals surface area contributed by atoms with Gasteiger partial charge in [-0.25, -0.2) is 4.79 Å². The van der Waals surface area contributed by atoms with E-state index in [0.717, 1.165) is 12.8 Å². The maximum atomic E-state index is 12.2. The van der Waals surface area contributed by atoms with Crippen molar-refractivity contribution >= 4 is 23.5 Å². The van der Waals surface area contributed by atoms with Crippen LogP contribution in [0.4, 0.5) is 4.79 Å². The van der Waals surface area contributed by atoms with E-state index in [4.69, 9.17) is 17.3 Å². The van der Waals surface area contributed by atoms with E-state index in [9.17, 15) is 9.59 Å². The highest BCUT2D eigenvalue weighted by Crippen LogP contribution is 2.24. The Morgan fingerprint density at radius 2 is 1.72 bits per heavy atom. The van der Waals surface area contributed by atoms with Gasteiger partial charge in [0.1, 0.15) is 0 Å². The Balaban J connectivity index is 1.85. The molecule has 0 aromatic heterocycles. The number of rotatable bonds is 8. The molecule has 6 heteroatoms. The average molecular weight is 360 g/mol. The van der Waals surface area contributed by atoms with E-state index in [0.29, 0.717) is 17.1 Å². The van der Waals surface area contributed by atoms with Gasteiger partial charge in [0.15, 0.2) is 0 Å². The summed E-state index contributed by atoms with van der Waals surface area (Å²) >= 11 is 6.16. The molecule has 0 fully saturated rings. The van der Waals surface area contributed by atoms with Crippen LogP contribution in [0.2, 0.25) is 5.02 Å². The van der Waals surface area contributed by atoms with Gasteiger partial charge < -0.3 is 16.4 Å². The van der Waals surface area contributed by atoms with Gasteiger partial charge in [0, 0.05) is 11.6 Å². The van der Waals surface area contributed by atoms with Crippen molar-refractivity contribution in [2.24, 2.45) is 5.73 Å². The van der Waals surface area contributed by atoms with Gasteiger partial charge in [0.2, 0.25) is 5.91 Å². The summed E-state index contributed by atoms with van der Waals surface area (Å²) in [6, 6.07) is 15.9. The fraction of sp³-hybridized carbons (Fsp3) is 0.263. The molecule has 132 valence electrons. The van der Waals surface area contributed by atoms with E-state index in [-0.39, 0.29) is 12.3 Å². The van der Waals surface area contributed by atoms with Gasteiger partial charge in [-0.05, 0) is 30.0 Å². The van der Waals surface area contributed by atoms with Gasteiger partial charge in [-0.3, -0.25) is 4.79 Å². The third-order valence-electron chi connectivity index (χ3n) is 3.79. The molecule has 0 saturated heterocycles. The number of hydrogen-bond acceptors (Lipinski definition) is 2. The Labute approximate surface area is 152 Å². The molecule has 0 radical (unpaired) electrons. The van der Waals surface area contributed by atoms with Gasteiger partial charge in [0.25, 0.3) is 0 Å². The van der Waals surface area contributed by atoms with Crippen molar-refractivity contribution in [3.8, 4) is 0 Å². The van der Waals surface area contributed by atoms with Gasteiger partial charge in [-0.1, -0.05) is 60.1 Å². The van der Waals surface area contributed by atoms with Gasteiger partial charge in [-0.2, -0.15) is 0 Å². The number of nitrogens with two attached hydrogens (primary N) is 1. The molecule has 0 aliphatic heterocycles. The van der Waals surface area contributed by atoms with Crippen LogP contribution in [0.1, 0.15) is 30.0 Å². The molecule has 0 spiro atoms. The van der Waals surface area contributed by atoms with Crippen molar-refractivity contribution in [3.05, 3.63) is 70.7 Å². The average Bonchev–Trinajstić information content (AvgIpc) is 2.59. The Morgan fingerprint density at radius 1 is 1.04 bits per heavy atom. The van der Waals surface area contributed by atoms with Crippen molar-refractivity contribution in [3.63, 3.8) is 0 Å². The molecule has 0 heterocycles. The molecule has 25 heavy (non-hydrogen) atoms. The van der Waals surface area contributed by atoms with Crippen molar-refractivity contribution in [1.29, 1.82) is 0 Å². The lowest BCUT2D eigenvalue weighted by Gasteiger charge is -2.19. The van der Waals surface area contributed by atoms with E-state index in [1.54, 1.807) is 24.3 Å². The minimum absolute atomic E-state index is 0.0814. The molecule has 2 rings (SSSR count). The summed E-state index contributed by atoms with van der Waals surface area (Å²) in [5.41, 5.74) is 7.12. The summed E-state index contributed by atoms with van der Waals surface area (Å²) in [6.07, 6.45) is 1.82. The molecule has 0 saturated carbocycles. The summed E-state index contributed by atoms with van der Waals surface area (Å²) in [7, 11) is 0. The fourth-order valence-corrected chi connectivity index (χ4v) is 2.86. The monoisotopic (exact) mass is 359 g/mol. The third-order valence-corrected chi connectivity index (χ3v) is 4.14. The molecule has 3 amide bonds. The summed E-state index contributed by atoms with van der Waals surface area (Å²) in [4.78, 5) is 23.4. The topological polar surface area (TPSA) is 84.2 Å². The minimum atomic E-state index is -0.693. The Kier molecular flexibility index (Phi) is 7.29. The Morgan fingerprint density at radius 3 is 2.40 bits per heavy atom. The maximum absolute atomic E-state index is 12.2. The van der Waals surface area contributed by atoms with Crippen LogP contribution in [0, 0.1) is 0 Å². The van der Waals surface area contributed by atoms with E-state index in [2.05, 4.69) is 22.8 Å². The molecular formula is C19H22ClN3O2. The van der Waals surface area contributed by atoms with E-state index in [1.165, 1.54) is 5.56 Å². The van der Waals surface area contributed by atoms with Crippen LogP contribution in [0.3, 0.4) is 0 Å². The summed E-state index contributed by atoms with van der Waals surface area (Å²) < 4.78 is 0. The molecular weight excluding hydrogens is 338 g/mol. The molecule has 0 aliphatic carbocycles. The van der Waals surface area contributed by atoms with Crippen molar-refractivity contribution in [2.45, 2.75) is 25.3 Å². The number of carbonyl (C=O) groups is 2. The third kappa shape index (κ3) is 6.47. The first-order chi connectivity index (χ1) is 12.1. The zero-order valence-corrected chi connectivity index (χ0v) is 14.6. The normalized spacial score (nSPS) is 11.6. The molecule has 0 aliphatic rings. The van der Waals surface area contributed by atoms with Crippen LogP contribution >= 0.6 is 11.6 Å². The van der Waals surface area contributed by atoms with Crippen molar-refractivity contribution in [2.75, 3.05) is 6.54 Å². The Bertz CT molecular complexity index is 707. The lowest BCUT2D eigenvalue weighted by molar-refractivity contribution is -0.121. The molecule has 0 bridgehead atoms. The standard InChI is InChI=1S/C19H22ClN3O2/c20-16-11-5-4-10-15(16)17(23-19(21)25)13-18(24)22-12-6-9-14-7-2-1-3-8-14/h1-5,7-8,10-11,17H,6,9,12-13H2,(H,22,24)(H3,21,23,25)/t17-/m1/s1. The highest BCUT2D eigenvalue weighted by Gasteiger charge is 2.19. The lowest BCUT2D eigenvalue weighted by atomic mass is 10.0. The van der Waals surface area contributed by atoms with Crippen molar-refractivity contribution in [1.82, 2.24) is 10.6 Å². The van der Waals surface area contributed by atoms with E-state index in [1.807, 2.05) is 18.2 Å². The number of primary amides is 1. The van der Waals surface area contributed by atoms with Crippen LogP contribution in [-0.2, 0) is 11.2 Å². The first kappa shape index (κ1) is 18.8. The molecule has 4 N–H and O–H groups in total. The second-order valence-electron chi connectivity index (χ2n) is 5.73. The summed E-state index contributed by atoms with van der Waals surface area (Å²) in [6.45, 7) is 0.569. The van der Waals surface area contributed by atoms with Crippen LogP contribution in [0.25, 0.3) is 0 Å². The molecule has 5 nitrogen and oxygen atoms in total. The molecule has 2 aromatic carbocycles. The zero-order valence-electron chi connectivity index (χ0n) is 13.9. The number of carbonyl (C=O) groups excluding carboxylic acids is 2. The van der Waals surface area contributed by atoms with Crippen LogP contribution < -0.4 is 16.4 Å². The van der Waals surface area contributed by atoms with Crippen molar-refractivity contribution < 1.29 is 9.59 Å². The van der Waals surface area contributed by atoms with Gasteiger partial charge in [0.05, 0.1) is 12.5 Å². The second kappa shape index (κ2) is 9.69. The molecule has 1 atom stereocenters. The Hall–Kier alpha value is -2.53. The predicted molar refractivity (Wildman–Crippen MR) is 99.3 cm³/mol. The number of nitrogens with one attached hydrogen (secondary N) is 2. The summed E-state index contributed by atoms with van der Waals surface area (Å²) in [5, 5.41) is 5.93. The molecule has 0 unspecified atom stereocenters. The van der Waals surface area contributed by atoms with Gasteiger partial charge in [-0.15, -0.1) is 0 Å².